The molecule has 2 saturated heterocycles. The van der Waals surface area contributed by atoms with Gasteiger partial charge in [0, 0.05) is 38.1 Å². The van der Waals surface area contributed by atoms with Crippen LogP contribution in [0.25, 0.3) is 0 Å². The van der Waals surface area contributed by atoms with Crippen molar-refractivity contribution in [1.29, 1.82) is 0 Å². The predicted molar refractivity (Wildman–Crippen MR) is 255 cm³/mol. The Kier molecular flexibility index (Phi) is 16.9. The van der Waals surface area contributed by atoms with Crippen LogP contribution in [0.2, 0.25) is 0 Å². The first-order chi connectivity index (χ1) is 32.6. The van der Waals surface area contributed by atoms with Crippen LogP contribution in [0.1, 0.15) is 104 Å². The Balaban J connectivity index is 1.18. The summed E-state index contributed by atoms with van der Waals surface area (Å²) in [5.74, 6) is -5.73. The van der Waals surface area contributed by atoms with E-state index < -0.39 is 102 Å². The van der Waals surface area contributed by atoms with E-state index in [4.69, 9.17) is 14.2 Å². The Morgan fingerprint density at radius 3 is 1.99 bits per heavy atom. The normalized spacial score (nSPS) is 25.6. The molecule has 4 unspecified atom stereocenters. The number of benzene rings is 2. The molecule has 2 saturated carbocycles. The zero-order chi connectivity index (χ0) is 50.3. The molecule has 4 fully saturated rings. The molecule has 0 radical (unpaired) electrons. The largest absolute Gasteiger partial charge is 0.467 e. The molecule has 6 amide bonds. The fourth-order valence-electron chi connectivity index (χ4n) is 9.99. The van der Waals surface area contributed by atoms with Gasteiger partial charge in [-0.25, -0.2) is 14.4 Å². The number of alkyl carbamates (subject to hydrolysis) is 1. The van der Waals surface area contributed by atoms with Crippen molar-refractivity contribution in [3.8, 4) is 0 Å². The molecule has 2 aliphatic carbocycles. The minimum atomic E-state index is -4.49. The van der Waals surface area contributed by atoms with Crippen LogP contribution in [-0.2, 0) is 55.8 Å². The molecule has 4 aliphatic rings. The van der Waals surface area contributed by atoms with E-state index in [2.05, 4.69) is 21.3 Å². The summed E-state index contributed by atoms with van der Waals surface area (Å²) in [6.45, 7) is 11.4. The second-order valence-corrected chi connectivity index (χ2v) is 23.0. The molecule has 0 spiro atoms. The van der Waals surface area contributed by atoms with Crippen molar-refractivity contribution < 1.29 is 57.2 Å². The van der Waals surface area contributed by atoms with E-state index in [0.717, 1.165) is 5.56 Å². The smallest absolute Gasteiger partial charge is 0.410 e. The number of amides is 6. The molecule has 69 heavy (non-hydrogen) atoms. The third kappa shape index (κ3) is 13.0. The van der Waals surface area contributed by atoms with Gasteiger partial charge in [0.15, 0.2) is 0 Å². The van der Waals surface area contributed by atoms with Crippen LogP contribution in [0.4, 0.5) is 9.59 Å². The van der Waals surface area contributed by atoms with Crippen LogP contribution >= 0.6 is 7.37 Å². The number of carbonyl (C=O) groups is 7. The lowest BCUT2D eigenvalue weighted by Gasteiger charge is -2.32. The second kappa shape index (κ2) is 22.1. The average Bonchev–Trinajstić information content (AvgIpc) is 4.01. The number of likely N-dealkylation sites (tertiary alicyclic amines) is 2. The maximum Gasteiger partial charge on any atom is 0.410 e. The van der Waals surface area contributed by atoms with Gasteiger partial charge >= 0.3 is 18.2 Å². The molecule has 9 atom stereocenters. The predicted octanol–water partition coefficient (Wildman–Crippen LogP) is 5.25. The third-order valence-corrected chi connectivity index (χ3v) is 16.2. The van der Waals surface area contributed by atoms with Crippen LogP contribution in [0, 0.1) is 23.7 Å². The lowest BCUT2D eigenvalue weighted by Crippen LogP contribution is -2.57. The lowest BCUT2D eigenvalue weighted by molar-refractivity contribution is -0.148. The van der Waals surface area contributed by atoms with E-state index >= 15 is 0 Å². The highest BCUT2D eigenvalue weighted by atomic mass is 31.2. The van der Waals surface area contributed by atoms with Gasteiger partial charge in [-0.1, -0.05) is 81.4 Å². The van der Waals surface area contributed by atoms with E-state index in [1.54, 1.807) is 51.1 Å². The standard InChI is InChI=1S/C50H71N6O12P/c1-32(2)37-29-50(37,45(61)66-7)54-41(57)38-22-15-25-55(38)43(59)33(3)31-69(64,65)40(27-34-17-10-8-11-18-34)52-44(60)49(28-36(49)21-14-24-51-46(62)68-48(4,5)6)53-42(58)39-23-16-26-56(39)47(63)67-30-35-19-12-9-13-20-35/h8-13,17-20,32-33,36-40H,14-16,21-31H2,1-7H3,(H,51,62)(H,52,60)(H,53,58)(H,54,57)(H,64,65)/t33?,36-,37+,38+,39+,40-,49?,50?/m1/s1. The minimum absolute atomic E-state index is 0.00887. The van der Waals surface area contributed by atoms with E-state index in [-0.39, 0.29) is 50.9 Å². The highest BCUT2D eigenvalue weighted by Crippen LogP contribution is 2.52. The number of rotatable bonds is 20. The summed E-state index contributed by atoms with van der Waals surface area (Å²) in [6.07, 6.45) is 1.22. The zero-order valence-electron chi connectivity index (χ0n) is 41.0. The second-order valence-electron chi connectivity index (χ2n) is 20.5. The van der Waals surface area contributed by atoms with Gasteiger partial charge in [0.05, 0.1) is 7.11 Å². The monoisotopic (exact) mass is 978 g/mol. The van der Waals surface area contributed by atoms with E-state index in [1.807, 2.05) is 44.2 Å². The number of ether oxygens (including phenoxy) is 3. The average molecular weight is 979 g/mol. The first kappa shape index (κ1) is 52.9. The first-order valence-corrected chi connectivity index (χ1v) is 26.2. The summed E-state index contributed by atoms with van der Waals surface area (Å²) in [7, 11) is -3.22. The van der Waals surface area contributed by atoms with Gasteiger partial charge in [0.2, 0.25) is 31.0 Å². The summed E-state index contributed by atoms with van der Waals surface area (Å²) in [6, 6.07) is 16.1. The number of nitrogens with zero attached hydrogens (tertiary/aromatic N) is 2. The topological polar surface area (TPSA) is 239 Å². The maximum atomic E-state index is 14.8. The van der Waals surface area contributed by atoms with Gasteiger partial charge in [-0.2, -0.15) is 0 Å². The van der Waals surface area contributed by atoms with Crippen LogP contribution in [0.5, 0.6) is 0 Å². The molecule has 5 N–H and O–H groups in total. The summed E-state index contributed by atoms with van der Waals surface area (Å²) in [5.41, 5.74) is -1.99. The van der Waals surface area contributed by atoms with Gasteiger partial charge in [-0.3, -0.25) is 28.6 Å². The number of hydrogen-bond donors (Lipinski definition) is 5. The van der Waals surface area contributed by atoms with Crippen molar-refractivity contribution in [3.05, 3.63) is 71.8 Å². The number of carbonyl (C=O) groups excluding carboxylic acids is 7. The molecule has 6 rings (SSSR count). The molecular formula is C50H71N6O12P. The number of nitrogens with one attached hydrogen (secondary N) is 4. The number of esters is 1. The molecule has 0 bridgehead atoms. The lowest BCUT2D eigenvalue weighted by atomic mass is 10.0. The Labute approximate surface area is 405 Å². The van der Waals surface area contributed by atoms with Crippen molar-refractivity contribution in [1.82, 2.24) is 31.1 Å². The fourth-order valence-corrected chi connectivity index (χ4v) is 12.0. The quantitative estimate of drug-likeness (QED) is 0.0495. The molecular weight excluding hydrogens is 908 g/mol. The summed E-state index contributed by atoms with van der Waals surface area (Å²) in [5, 5.41) is 11.4. The minimum Gasteiger partial charge on any atom is -0.467 e. The van der Waals surface area contributed by atoms with Crippen molar-refractivity contribution >= 4 is 49.2 Å². The van der Waals surface area contributed by atoms with Gasteiger partial charge in [-0.15, -0.1) is 0 Å². The van der Waals surface area contributed by atoms with Crippen molar-refractivity contribution in [2.24, 2.45) is 23.7 Å². The van der Waals surface area contributed by atoms with Crippen LogP contribution in [-0.4, -0.2) is 124 Å². The van der Waals surface area contributed by atoms with E-state index in [1.165, 1.54) is 23.8 Å². The van der Waals surface area contributed by atoms with Crippen molar-refractivity contribution in [2.75, 3.05) is 32.9 Å². The summed E-state index contributed by atoms with van der Waals surface area (Å²) < 4.78 is 30.7. The van der Waals surface area contributed by atoms with Gasteiger partial charge in [0.25, 0.3) is 0 Å². The Morgan fingerprint density at radius 2 is 1.41 bits per heavy atom. The molecule has 19 heteroatoms. The highest BCUT2D eigenvalue weighted by molar-refractivity contribution is 7.58. The number of hydrogen-bond acceptors (Lipinski definition) is 11. The van der Waals surface area contributed by atoms with E-state index in [9.17, 15) is 43.0 Å². The summed E-state index contributed by atoms with van der Waals surface area (Å²) >= 11 is 0. The van der Waals surface area contributed by atoms with Crippen LogP contribution < -0.4 is 21.3 Å². The van der Waals surface area contributed by atoms with Gasteiger partial charge in [-0.05, 0) is 101 Å². The molecule has 2 aromatic rings. The SMILES string of the molecule is COC(=O)C1(NC(=O)[C@@H]2CCCN2C(=O)C(C)CP(=O)(O)[C@H](Cc2ccccc2)NC(=O)C2(NC(=O)[C@@H]3CCCN3C(=O)OCc3ccccc3)C[C@H]2CCCNC(=O)OC(C)(C)C)C[C@H]1C(C)C. The van der Waals surface area contributed by atoms with E-state index in [0.29, 0.717) is 50.5 Å². The number of methoxy groups -OCH3 is 1. The van der Waals surface area contributed by atoms with Crippen molar-refractivity contribution in [2.45, 2.75) is 140 Å². The maximum absolute atomic E-state index is 14.8. The van der Waals surface area contributed by atoms with Crippen LogP contribution in [0.3, 0.4) is 0 Å². The van der Waals surface area contributed by atoms with Gasteiger partial charge in [0.1, 0.15) is 41.2 Å². The molecule has 18 nitrogen and oxygen atoms in total. The molecule has 2 aromatic carbocycles. The fraction of sp³-hybridized carbons (Fsp3) is 0.620. The zero-order valence-corrected chi connectivity index (χ0v) is 41.9. The Morgan fingerprint density at radius 1 is 0.826 bits per heavy atom. The Hall–Kier alpha value is -5.48. The molecule has 0 aromatic heterocycles. The van der Waals surface area contributed by atoms with Crippen molar-refractivity contribution in [3.63, 3.8) is 0 Å². The molecule has 378 valence electrons. The Bertz CT molecular complexity index is 2240. The molecule has 2 aliphatic heterocycles. The summed E-state index contributed by atoms with van der Waals surface area (Å²) in [4.78, 5) is 110. The van der Waals surface area contributed by atoms with Gasteiger partial charge < -0.3 is 45.3 Å². The first-order valence-electron chi connectivity index (χ1n) is 24.2. The highest BCUT2D eigenvalue weighted by Gasteiger charge is 2.64. The van der Waals surface area contributed by atoms with Crippen LogP contribution in [0.15, 0.2) is 60.7 Å². The third-order valence-electron chi connectivity index (χ3n) is 13.8. The molecule has 2 heterocycles.